The molecule has 0 aromatic heterocycles. The molecule has 4 aromatic carbocycles. The van der Waals surface area contributed by atoms with Gasteiger partial charge in [-0.3, -0.25) is 9.98 Å². The molecule has 13 heteroatoms. The van der Waals surface area contributed by atoms with Crippen molar-refractivity contribution in [1.29, 1.82) is 0 Å². The smallest absolute Gasteiger partial charge is 1.00 e. The van der Waals surface area contributed by atoms with Crippen LogP contribution in [-0.4, -0.2) is 25.5 Å². The molecule has 0 saturated heterocycles. The predicted molar refractivity (Wildman–Crippen MR) is 143 cm³/mol. The van der Waals surface area contributed by atoms with Crippen LogP contribution in [0.5, 0.6) is 0 Å². The number of halogens is 8. The third-order valence-electron chi connectivity index (χ3n) is 6.23. The van der Waals surface area contributed by atoms with Crippen LogP contribution in [0.2, 0.25) is 0 Å². The van der Waals surface area contributed by atoms with Gasteiger partial charge < -0.3 is 35.4 Å². The Hall–Kier alpha value is -3.31. The van der Waals surface area contributed by atoms with Gasteiger partial charge in [-0.15, -0.1) is 24.5 Å². The van der Waals surface area contributed by atoms with Crippen molar-refractivity contribution in [1.82, 2.24) is 0 Å². The molecule has 0 spiro atoms. The van der Waals surface area contributed by atoms with Gasteiger partial charge in [0.05, 0.1) is 0 Å². The second kappa shape index (κ2) is 16.0. The van der Waals surface area contributed by atoms with E-state index in [-0.39, 0.29) is 46.5 Å². The maximum absolute atomic E-state index is 13.5. The molecule has 6 rings (SSSR count). The second-order valence-electron chi connectivity index (χ2n) is 8.93. The molecule has 4 nitrogen and oxygen atoms in total. The van der Waals surface area contributed by atoms with Gasteiger partial charge in [0, 0.05) is 36.7 Å². The zero-order valence-corrected chi connectivity index (χ0v) is 25.1. The van der Waals surface area contributed by atoms with E-state index in [0.717, 1.165) is 35.3 Å². The Balaban J connectivity index is 0.000000281. The molecule has 4 aromatic rings. The van der Waals surface area contributed by atoms with E-state index in [1.54, 1.807) is 12.1 Å². The van der Waals surface area contributed by atoms with Crippen LogP contribution in [-0.2, 0) is 34.6 Å². The molecule has 0 fully saturated rings. The molecule has 0 amide bonds. The molecular formula is C30H20Cl2F6N4Ti. The number of fused-ring (bicyclic) bond motifs is 2. The molecule has 0 bridgehead atoms. The normalized spacial score (nSPS) is 12.6. The van der Waals surface area contributed by atoms with Crippen molar-refractivity contribution < 1.29 is 72.9 Å². The molecule has 220 valence electrons. The minimum atomic E-state index is -1.02. The van der Waals surface area contributed by atoms with Crippen molar-refractivity contribution in [2.45, 2.75) is 12.8 Å². The number of benzene rings is 4. The van der Waals surface area contributed by atoms with Gasteiger partial charge >= 0.3 is 21.7 Å². The van der Waals surface area contributed by atoms with Crippen molar-refractivity contribution in [3.63, 3.8) is 0 Å². The summed E-state index contributed by atoms with van der Waals surface area (Å²) in [7, 11) is 0. The van der Waals surface area contributed by atoms with Gasteiger partial charge in [-0.1, -0.05) is 47.5 Å². The first kappa shape index (κ1) is 35.9. The Morgan fingerprint density at radius 3 is 1.26 bits per heavy atom. The van der Waals surface area contributed by atoms with E-state index in [1.165, 1.54) is 12.4 Å². The molecule has 2 aliphatic rings. The largest absolute Gasteiger partial charge is 4.00 e. The van der Waals surface area contributed by atoms with Gasteiger partial charge in [0.25, 0.3) is 0 Å². The second-order valence-corrected chi connectivity index (χ2v) is 8.93. The predicted octanol–water partition coefficient (Wildman–Crippen LogP) is 2.84. The van der Waals surface area contributed by atoms with Crippen LogP contribution < -0.4 is 24.8 Å². The summed E-state index contributed by atoms with van der Waals surface area (Å²) in [6.45, 7) is 1.42. The van der Waals surface area contributed by atoms with E-state index < -0.39 is 46.3 Å². The van der Waals surface area contributed by atoms with Gasteiger partial charge in [-0.05, 0) is 24.0 Å². The number of hydrogen-bond acceptors (Lipinski definition) is 2. The summed E-state index contributed by atoms with van der Waals surface area (Å²) in [6, 6.07) is 13.6. The van der Waals surface area contributed by atoms with Gasteiger partial charge in [0.2, 0.25) is 0 Å². The first-order chi connectivity index (χ1) is 19.3. The fourth-order valence-corrected chi connectivity index (χ4v) is 4.38. The van der Waals surface area contributed by atoms with Crippen LogP contribution in [0.25, 0.3) is 10.6 Å². The Bertz CT molecular complexity index is 1480. The number of hydrogen-bond donors (Lipinski definition) is 0. The fourth-order valence-electron chi connectivity index (χ4n) is 4.38. The number of para-hydroxylation sites is 2. The Kier molecular flexibility index (Phi) is 13.3. The van der Waals surface area contributed by atoms with Crippen LogP contribution in [0.1, 0.15) is 22.3 Å². The van der Waals surface area contributed by atoms with Crippen molar-refractivity contribution >= 4 is 35.2 Å². The van der Waals surface area contributed by atoms with E-state index in [2.05, 4.69) is 20.6 Å². The summed E-state index contributed by atoms with van der Waals surface area (Å²) in [5, 5.41) is 8.66. The average molecular weight is 669 g/mol. The van der Waals surface area contributed by atoms with Crippen molar-refractivity contribution in [2.24, 2.45) is 9.98 Å². The van der Waals surface area contributed by atoms with Crippen LogP contribution in [0.4, 0.5) is 49.1 Å². The summed E-state index contributed by atoms with van der Waals surface area (Å²) >= 11 is 0. The summed E-state index contributed by atoms with van der Waals surface area (Å²) < 4.78 is 79.5. The number of nitrogens with zero attached hydrogens (tertiary/aromatic N) is 4. The third-order valence-corrected chi connectivity index (χ3v) is 6.23. The van der Waals surface area contributed by atoms with E-state index in [0.29, 0.717) is 48.5 Å². The van der Waals surface area contributed by atoms with Crippen molar-refractivity contribution in [3.05, 3.63) is 128 Å². The number of aliphatic imine (C=N–C) groups is 2. The van der Waals surface area contributed by atoms with Gasteiger partial charge in [0.1, 0.15) is 23.0 Å². The van der Waals surface area contributed by atoms with Gasteiger partial charge in [-0.25, -0.2) is 26.3 Å². The van der Waals surface area contributed by atoms with E-state index in [9.17, 15) is 26.3 Å². The molecule has 0 saturated carbocycles. The topological polar surface area (TPSA) is 52.9 Å². The monoisotopic (exact) mass is 668 g/mol. The van der Waals surface area contributed by atoms with Crippen LogP contribution in [0.3, 0.4) is 0 Å². The first-order valence-electron chi connectivity index (χ1n) is 12.3. The molecule has 0 unspecified atom stereocenters. The fraction of sp³-hybridized carbons (Fsp3) is 0.133. The van der Waals surface area contributed by atoms with Crippen LogP contribution in [0.15, 0.2) is 70.6 Å². The molecule has 2 heterocycles. The van der Waals surface area contributed by atoms with Gasteiger partial charge in [0.15, 0.2) is 23.3 Å². The Morgan fingerprint density at radius 2 is 0.907 bits per heavy atom. The Labute approximate surface area is 271 Å². The maximum Gasteiger partial charge on any atom is 4.00 e. The molecule has 0 aliphatic carbocycles. The minimum Gasteiger partial charge on any atom is -1.00 e. The standard InChI is InChI=1S/2C15H10F3N2.2ClH.Ti/c2*16-11-6-12(17)15(13(18)7-11)20-8-10-3-1-2-9-4-5-19-14(9)10;;;/h2*1-3,6-8H,4-5H2;2*1H;/q2*-1;;;+4/p-2. The average Bonchev–Trinajstić information content (AvgIpc) is 3.58. The number of rotatable bonds is 4. The zero-order valence-electron chi connectivity index (χ0n) is 22.1. The van der Waals surface area contributed by atoms with Gasteiger partial charge in [-0.2, -0.15) is 0 Å². The molecule has 0 radical (unpaired) electrons. The van der Waals surface area contributed by atoms with E-state index in [1.807, 2.05) is 24.3 Å². The maximum atomic E-state index is 13.5. The zero-order chi connectivity index (χ0) is 28.2. The summed E-state index contributed by atoms with van der Waals surface area (Å²) in [5.41, 5.74) is 4.19. The molecule has 2 aliphatic heterocycles. The molecular weight excluding hydrogens is 649 g/mol. The van der Waals surface area contributed by atoms with Crippen molar-refractivity contribution in [2.75, 3.05) is 13.1 Å². The van der Waals surface area contributed by atoms with E-state index in [4.69, 9.17) is 0 Å². The summed E-state index contributed by atoms with van der Waals surface area (Å²) in [5.74, 6) is -6.03. The Morgan fingerprint density at radius 1 is 0.558 bits per heavy atom. The first-order valence-corrected chi connectivity index (χ1v) is 12.3. The quantitative estimate of drug-likeness (QED) is 0.183. The van der Waals surface area contributed by atoms with E-state index >= 15 is 0 Å². The van der Waals surface area contributed by atoms with Crippen LogP contribution >= 0.6 is 0 Å². The summed E-state index contributed by atoms with van der Waals surface area (Å²) in [6.07, 6.45) is 4.42. The van der Waals surface area contributed by atoms with Crippen molar-refractivity contribution in [3.8, 4) is 0 Å². The molecule has 0 atom stereocenters. The SMILES string of the molecule is Fc1cc(F)c(N=Cc2cccc3c2[N-]CC3)c(F)c1.Fc1cc(F)c(N=Cc2cccc3c2[N-]CC3)c(F)c1.[Cl-].[Cl-].[Ti+4]. The third kappa shape index (κ3) is 8.41. The molecule has 43 heavy (non-hydrogen) atoms. The molecule has 0 N–H and O–H groups in total. The minimum absolute atomic E-state index is 0. The summed E-state index contributed by atoms with van der Waals surface area (Å²) in [4.78, 5) is 7.58. The van der Waals surface area contributed by atoms with Crippen LogP contribution in [0, 0.1) is 34.9 Å².